The molecule has 1 aromatic heterocycles. The van der Waals surface area contributed by atoms with E-state index < -0.39 is 0 Å². The maximum Gasteiger partial charge on any atom is 0.237 e. The van der Waals surface area contributed by atoms with Crippen LogP contribution in [0.5, 0.6) is 0 Å². The molecule has 0 N–H and O–H groups in total. The highest BCUT2D eigenvalue weighted by Crippen LogP contribution is 2.40. The first-order valence-electron chi connectivity index (χ1n) is 8.60. The number of rotatable bonds is 3. The monoisotopic (exact) mass is 320 g/mol. The molecule has 24 heavy (non-hydrogen) atoms. The zero-order chi connectivity index (χ0) is 16.5. The first-order valence-corrected chi connectivity index (χ1v) is 8.60. The van der Waals surface area contributed by atoms with Crippen LogP contribution in [0, 0.1) is 11.8 Å². The van der Waals surface area contributed by atoms with Gasteiger partial charge in [0.25, 0.3) is 0 Å². The third kappa shape index (κ3) is 2.62. The largest absolute Gasteiger partial charge is 0.274 e. The number of hydrogen-bond acceptors (Lipinski definition) is 3. The summed E-state index contributed by atoms with van der Waals surface area (Å²) in [5, 5.41) is 0. The third-order valence-corrected chi connectivity index (χ3v) is 5.19. The molecule has 1 aromatic carbocycles. The van der Waals surface area contributed by atoms with E-state index in [9.17, 15) is 9.59 Å². The Morgan fingerprint density at radius 3 is 1.96 bits per heavy atom. The summed E-state index contributed by atoms with van der Waals surface area (Å²) in [4.78, 5) is 30.7. The molecule has 0 spiro atoms. The smallest absolute Gasteiger partial charge is 0.237 e. The zero-order valence-corrected chi connectivity index (χ0v) is 13.5. The normalized spacial score (nSPS) is 23.4. The number of aromatic nitrogens is 1. The highest BCUT2D eigenvalue weighted by Gasteiger charge is 2.48. The molecule has 2 aromatic rings. The van der Waals surface area contributed by atoms with Crippen LogP contribution < -0.4 is 4.90 Å². The number of fused-ring (bicyclic) bond motifs is 1. The summed E-state index contributed by atoms with van der Waals surface area (Å²) in [5.41, 5.74) is 3.05. The van der Waals surface area contributed by atoms with Gasteiger partial charge in [-0.25, -0.2) is 0 Å². The second kappa shape index (κ2) is 6.19. The van der Waals surface area contributed by atoms with Crippen LogP contribution in [0.25, 0.3) is 0 Å². The van der Waals surface area contributed by atoms with Crippen LogP contribution in [0.15, 0.2) is 48.8 Å². The minimum absolute atomic E-state index is 0.00779. The molecule has 4 rings (SSSR count). The van der Waals surface area contributed by atoms with Crippen molar-refractivity contribution in [2.24, 2.45) is 11.8 Å². The van der Waals surface area contributed by atoms with Gasteiger partial charge in [0.2, 0.25) is 11.8 Å². The molecule has 2 aliphatic rings. The molecule has 4 nitrogen and oxygen atoms in total. The number of pyridine rings is 1. The summed E-state index contributed by atoms with van der Waals surface area (Å²) in [6.07, 6.45) is 8.20. The van der Waals surface area contributed by atoms with Crippen molar-refractivity contribution in [3.05, 3.63) is 59.9 Å². The van der Waals surface area contributed by atoms with E-state index in [1.54, 1.807) is 12.4 Å². The molecule has 1 saturated heterocycles. The van der Waals surface area contributed by atoms with E-state index in [1.165, 1.54) is 10.5 Å². The minimum Gasteiger partial charge on any atom is -0.274 e. The zero-order valence-electron chi connectivity index (χ0n) is 13.5. The minimum atomic E-state index is -0.0947. The van der Waals surface area contributed by atoms with Crippen LogP contribution in [-0.4, -0.2) is 16.8 Å². The van der Waals surface area contributed by atoms with E-state index in [2.05, 4.69) is 4.98 Å². The molecule has 2 fully saturated rings. The Kier molecular flexibility index (Phi) is 3.89. The summed E-state index contributed by atoms with van der Waals surface area (Å²) >= 11 is 0. The summed E-state index contributed by atoms with van der Waals surface area (Å²) < 4.78 is 0. The number of carbonyl (C=O) groups is 2. The van der Waals surface area contributed by atoms with Gasteiger partial charge in [0.1, 0.15) is 0 Å². The Balaban J connectivity index is 1.54. The molecule has 1 aliphatic heterocycles. The van der Waals surface area contributed by atoms with Crippen molar-refractivity contribution in [2.75, 3.05) is 4.90 Å². The lowest BCUT2D eigenvalue weighted by molar-refractivity contribution is -0.122. The van der Waals surface area contributed by atoms with E-state index in [0.29, 0.717) is 5.69 Å². The quantitative estimate of drug-likeness (QED) is 0.815. The van der Waals surface area contributed by atoms with E-state index in [4.69, 9.17) is 0 Å². The molecule has 122 valence electrons. The van der Waals surface area contributed by atoms with Gasteiger partial charge >= 0.3 is 0 Å². The molecule has 2 atom stereocenters. The Labute approximate surface area is 141 Å². The molecule has 2 amide bonds. The lowest BCUT2D eigenvalue weighted by atomic mass is 9.81. The summed E-state index contributed by atoms with van der Waals surface area (Å²) in [5.74, 6) is -0.205. The highest BCUT2D eigenvalue weighted by molar-refractivity contribution is 6.22. The summed E-state index contributed by atoms with van der Waals surface area (Å²) in [7, 11) is 0. The van der Waals surface area contributed by atoms with Gasteiger partial charge in [-0.05, 0) is 54.7 Å². The van der Waals surface area contributed by atoms with Crippen LogP contribution >= 0.6 is 0 Å². The third-order valence-electron chi connectivity index (χ3n) is 5.19. The first kappa shape index (κ1) is 15.1. The van der Waals surface area contributed by atoms with Gasteiger partial charge in [-0.1, -0.05) is 25.0 Å². The number of hydrogen-bond donors (Lipinski definition) is 0. The molecular weight excluding hydrogens is 300 g/mol. The highest BCUT2D eigenvalue weighted by atomic mass is 16.2. The molecule has 2 heterocycles. The number of carbonyl (C=O) groups excluding carboxylic acids is 2. The lowest BCUT2D eigenvalue weighted by Crippen LogP contribution is -2.30. The van der Waals surface area contributed by atoms with Crippen molar-refractivity contribution < 1.29 is 9.59 Å². The predicted octanol–water partition coefficient (Wildman–Crippen LogP) is 3.35. The fourth-order valence-corrected chi connectivity index (χ4v) is 3.92. The molecule has 1 aliphatic carbocycles. The van der Waals surface area contributed by atoms with Crippen LogP contribution in [0.4, 0.5) is 5.69 Å². The topological polar surface area (TPSA) is 50.3 Å². The van der Waals surface area contributed by atoms with Gasteiger partial charge in [-0.15, -0.1) is 0 Å². The van der Waals surface area contributed by atoms with Crippen LogP contribution in [0.3, 0.4) is 0 Å². The average Bonchev–Trinajstić information content (AvgIpc) is 2.88. The van der Waals surface area contributed by atoms with Crippen molar-refractivity contribution in [1.29, 1.82) is 0 Å². The van der Waals surface area contributed by atoms with Crippen LogP contribution in [0.1, 0.15) is 36.8 Å². The average molecular weight is 320 g/mol. The fraction of sp³-hybridized carbons (Fsp3) is 0.350. The second-order valence-electron chi connectivity index (χ2n) is 6.71. The van der Waals surface area contributed by atoms with Crippen molar-refractivity contribution >= 4 is 17.5 Å². The van der Waals surface area contributed by atoms with Gasteiger partial charge in [0.05, 0.1) is 17.5 Å². The summed E-state index contributed by atoms with van der Waals surface area (Å²) in [6, 6.07) is 11.8. The first-order chi connectivity index (χ1) is 11.7. The van der Waals surface area contributed by atoms with Gasteiger partial charge in [-0.3, -0.25) is 19.5 Å². The summed E-state index contributed by atoms with van der Waals surface area (Å²) in [6.45, 7) is 0. The maximum absolute atomic E-state index is 12.6. The van der Waals surface area contributed by atoms with E-state index in [1.807, 2.05) is 36.4 Å². The van der Waals surface area contributed by atoms with Crippen molar-refractivity contribution in [3.63, 3.8) is 0 Å². The predicted molar refractivity (Wildman–Crippen MR) is 91.4 cm³/mol. The van der Waals surface area contributed by atoms with Crippen LogP contribution in [-0.2, 0) is 16.0 Å². The lowest BCUT2D eigenvalue weighted by Gasteiger charge is -2.19. The number of anilines is 1. The Morgan fingerprint density at radius 1 is 0.833 bits per heavy atom. The maximum atomic E-state index is 12.6. The molecular formula is C20H20N2O2. The molecule has 0 radical (unpaired) electrons. The standard InChI is InChI=1S/C20H20N2O2/c23-19-17-3-1-2-4-18(17)20(24)22(19)16-7-5-14(6-8-16)13-15-9-11-21-12-10-15/h5-12,17-18H,1-4,13H2/t17-,18+. The van der Waals surface area contributed by atoms with Crippen molar-refractivity contribution in [2.45, 2.75) is 32.1 Å². The molecule has 0 bridgehead atoms. The Bertz CT molecular complexity index is 731. The van der Waals surface area contributed by atoms with E-state index in [0.717, 1.165) is 37.7 Å². The number of imide groups is 1. The van der Waals surface area contributed by atoms with Gasteiger partial charge in [0, 0.05) is 12.4 Å². The van der Waals surface area contributed by atoms with Crippen molar-refractivity contribution in [3.8, 4) is 0 Å². The van der Waals surface area contributed by atoms with E-state index in [-0.39, 0.29) is 23.7 Å². The number of amides is 2. The van der Waals surface area contributed by atoms with Crippen LogP contribution in [0.2, 0.25) is 0 Å². The second-order valence-corrected chi connectivity index (χ2v) is 6.71. The molecule has 4 heteroatoms. The fourth-order valence-electron chi connectivity index (χ4n) is 3.92. The van der Waals surface area contributed by atoms with E-state index >= 15 is 0 Å². The Morgan fingerprint density at radius 2 is 1.38 bits per heavy atom. The molecule has 0 unspecified atom stereocenters. The number of benzene rings is 1. The SMILES string of the molecule is O=C1[C@H]2CCCC[C@H]2C(=O)N1c1ccc(Cc2ccncc2)cc1. The van der Waals surface area contributed by atoms with Crippen molar-refractivity contribution in [1.82, 2.24) is 4.98 Å². The Hall–Kier alpha value is -2.49. The van der Waals surface area contributed by atoms with Gasteiger partial charge in [0.15, 0.2) is 0 Å². The molecule has 1 saturated carbocycles. The number of nitrogens with zero attached hydrogens (tertiary/aromatic N) is 2. The van der Waals surface area contributed by atoms with Gasteiger partial charge in [-0.2, -0.15) is 0 Å². The van der Waals surface area contributed by atoms with Gasteiger partial charge < -0.3 is 0 Å².